The fourth-order valence-corrected chi connectivity index (χ4v) is 1.52. The average Bonchev–Trinajstić information content (AvgIpc) is 2.91. The highest BCUT2D eigenvalue weighted by atomic mass is 16.5. The number of nitrogens with one attached hydrogen (secondary N) is 1. The summed E-state index contributed by atoms with van der Waals surface area (Å²) in [5, 5.41) is 6.38. The summed E-state index contributed by atoms with van der Waals surface area (Å²) >= 11 is 0. The maximum absolute atomic E-state index is 12.1. The molecule has 0 atom stereocenters. The van der Waals surface area contributed by atoms with Gasteiger partial charge in [-0.3, -0.25) is 9.89 Å². The summed E-state index contributed by atoms with van der Waals surface area (Å²) in [4.78, 5) is 12.1. The van der Waals surface area contributed by atoms with Gasteiger partial charge in [0.05, 0.1) is 19.8 Å². The van der Waals surface area contributed by atoms with Crippen molar-refractivity contribution in [3.63, 3.8) is 0 Å². The van der Waals surface area contributed by atoms with Crippen LogP contribution in [0.4, 0.5) is 0 Å². The van der Waals surface area contributed by atoms with Crippen molar-refractivity contribution in [1.29, 1.82) is 0 Å². The van der Waals surface area contributed by atoms with Crippen molar-refractivity contribution in [3.8, 4) is 11.5 Å². The highest BCUT2D eigenvalue weighted by Crippen LogP contribution is 2.25. The first-order valence-corrected chi connectivity index (χ1v) is 5.02. The lowest BCUT2D eigenvalue weighted by Crippen LogP contribution is -2.05. The summed E-state index contributed by atoms with van der Waals surface area (Å²) in [6.45, 7) is 0. The molecule has 0 saturated carbocycles. The molecule has 0 aliphatic heterocycles. The van der Waals surface area contributed by atoms with E-state index in [2.05, 4.69) is 10.2 Å². The van der Waals surface area contributed by atoms with Crippen LogP contribution in [0.1, 0.15) is 16.1 Å². The second-order valence-corrected chi connectivity index (χ2v) is 3.37. The molecule has 17 heavy (non-hydrogen) atoms. The molecule has 0 radical (unpaired) electrons. The first-order valence-electron chi connectivity index (χ1n) is 5.02. The van der Waals surface area contributed by atoms with Crippen LogP contribution in [0.2, 0.25) is 0 Å². The van der Waals surface area contributed by atoms with E-state index >= 15 is 0 Å². The molecule has 5 heteroatoms. The Hall–Kier alpha value is -2.30. The number of carbonyl (C=O) groups is 1. The third-order valence-electron chi connectivity index (χ3n) is 2.40. The number of ether oxygens (including phenoxy) is 2. The van der Waals surface area contributed by atoms with Crippen molar-refractivity contribution in [2.45, 2.75) is 0 Å². The van der Waals surface area contributed by atoms with E-state index in [-0.39, 0.29) is 5.78 Å². The van der Waals surface area contributed by atoms with Crippen LogP contribution in [0.5, 0.6) is 11.5 Å². The van der Waals surface area contributed by atoms with Crippen molar-refractivity contribution >= 4 is 5.78 Å². The average molecular weight is 232 g/mol. The zero-order valence-corrected chi connectivity index (χ0v) is 9.56. The van der Waals surface area contributed by atoms with E-state index in [1.54, 1.807) is 31.4 Å². The Morgan fingerprint density at radius 3 is 2.65 bits per heavy atom. The molecule has 2 rings (SSSR count). The molecular formula is C12H12N2O3. The lowest BCUT2D eigenvalue weighted by atomic mass is 10.1. The van der Waals surface area contributed by atoms with Crippen LogP contribution in [-0.2, 0) is 0 Å². The number of H-pyrrole nitrogens is 1. The molecule has 1 N–H and O–H groups in total. The van der Waals surface area contributed by atoms with Crippen LogP contribution >= 0.6 is 0 Å². The number of aromatic nitrogens is 2. The Labute approximate surface area is 98.4 Å². The molecule has 0 unspecified atom stereocenters. The van der Waals surface area contributed by atoms with Gasteiger partial charge >= 0.3 is 0 Å². The second kappa shape index (κ2) is 4.69. The SMILES string of the molecule is COc1ccc(OC)c(C(=O)c2ccn[nH]2)c1. The molecule has 0 aliphatic carbocycles. The van der Waals surface area contributed by atoms with Crippen LogP contribution < -0.4 is 9.47 Å². The van der Waals surface area contributed by atoms with E-state index in [0.717, 1.165) is 0 Å². The van der Waals surface area contributed by atoms with Gasteiger partial charge in [0.2, 0.25) is 5.78 Å². The predicted octanol–water partition coefficient (Wildman–Crippen LogP) is 1.66. The van der Waals surface area contributed by atoms with Crippen LogP contribution in [0, 0.1) is 0 Å². The maximum Gasteiger partial charge on any atom is 0.214 e. The zero-order chi connectivity index (χ0) is 12.3. The van der Waals surface area contributed by atoms with Gasteiger partial charge in [-0.1, -0.05) is 0 Å². The van der Waals surface area contributed by atoms with Crippen LogP contribution in [-0.4, -0.2) is 30.2 Å². The molecule has 0 aliphatic rings. The monoisotopic (exact) mass is 232 g/mol. The Kier molecular flexibility index (Phi) is 3.09. The number of benzene rings is 1. The fourth-order valence-electron chi connectivity index (χ4n) is 1.52. The Morgan fingerprint density at radius 2 is 2.06 bits per heavy atom. The number of hydrogen-bond acceptors (Lipinski definition) is 4. The smallest absolute Gasteiger partial charge is 0.214 e. The molecule has 88 valence electrons. The first kappa shape index (κ1) is 11.2. The van der Waals surface area contributed by atoms with Crippen molar-refractivity contribution in [3.05, 3.63) is 41.7 Å². The minimum atomic E-state index is -0.182. The summed E-state index contributed by atoms with van der Waals surface area (Å²) in [6.07, 6.45) is 1.53. The molecule has 0 fully saturated rings. The van der Waals surface area contributed by atoms with Crippen LogP contribution in [0.25, 0.3) is 0 Å². The van der Waals surface area contributed by atoms with Gasteiger partial charge in [0.15, 0.2) is 0 Å². The standard InChI is InChI=1S/C12H12N2O3/c1-16-8-3-4-11(17-2)9(7-8)12(15)10-5-6-13-14-10/h3-7H,1-2H3,(H,13,14). The number of ketones is 1. The van der Waals surface area contributed by atoms with Crippen molar-refractivity contribution < 1.29 is 14.3 Å². The topological polar surface area (TPSA) is 64.2 Å². The Balaban J connectivity index is 2.45. The molecule has 0 saturated heterocycles. The molecule has 1 heterocycles. The van der Waals surface area contributed by atoms with Gasteiger partial charge in [-0.2, -0.15) is 5.10 Å². The summed E-state index contributed by atoms with van der Waals surface area (Å²) in [5.41, 5.74) is 0.854. The lowest BCUT2D eigenvalue weighted by molar-refractivity contribution is 0.103. The van der Waals surface area contributed by atoms with E-state index in [9.17, 15) is 4.79 Å². The molecule has 0 spiro atoms. The lowest BCUT2D eigenvalue weighted by Gasteiger charge is -2.08. The van der Waals surface area contributed by atoms with Gasteiger partial charge < -0.3 is 9.47 Å². The number of rotatable bonds is 4. The highest BCUT2D eigenvalue weighted by molar-refractivity contribution is 6.09. The molecule has 0 amide bonds. The Morgan fingerprint density at radius 1 is 1.24 bits per heavy atom. The third kappa shape index (κ3) is 2.13. The maximum atomic E-state index is 12.1. The minimum Gasteiger partial charge on any atom is -0.497 e. The highest BCUT2D eigenvalue weighted by Gasteiger charge is 2.16. The minimum absolute atomic E-state index is 0.182. The third-order valence-corrected chi connectivity index (χ3v) is 2.40. The fraction of sp³-hybridized carbons (Fsp3) is 0.167. The quantitative estimate of drug-likeness (QED) is 0.814. The normalized spacial score (nSPS) is 10.0. The molecule has 1 aromatic carbocycles. The Bertz CT molecular complexity index is 521. The van der Waals surface area contributed by atoms with Gasteiger partial charge in [-0.15, -0.1) is 0 Å². The van der Waals surface area contributed by atoms with Gasteiger partial charge in [0.1, 0.15) is 17.2 Å². The number of nitrogens with zero attached hydrogens (tertiary/aromatic N) is 1. The van der Waals surface area contributed by atoms with Crippen molar-refractivity contribution in [1.82, 2.24) is 10.2 Å². The van der Waals surface area contributed by atoms with Gasteiger partial charge in [0, 0.05) is 6.20 Å². The van der Waals surface area contributed by atoms with Gasteiger partial charge in [0.25, 0.3) is 0 Å². The molecule has 1 aromatic heterocycles. The predicted molar refractivity (Wildman–Crippen MR) is 61.6 cm³/mol. The summed E-state index contributed by atoms with van der Waals surface area (Å²) < 4.78 is 10.2. The summed E-state index contributed by atoms with van der Waals surface area (Å²) in [5.74, 6) is 0.928. The van der Waals surface area contributed by atoms with Crippen LogP contribution in [0.3, 0.4) is 0 Å². The summed E-state index contributed by atoms with van der Waals surface area (Å²) in [6, 6.07) is 6.69. The largest absolute Gasteiger partial charge is 0.497 e. The number of hydrogen-bond donors (Lipinski definition) is 1. The first-order chi connectivity index (χ1) is 8.26. The number of methoxy groups -OCH3 is 2. The summed E-state index contributed by atoms with van der Waals surface area (Å²) in [7, 11) is 3.07. The van der Waals surface area contributed by atoms with E-state index < -0.39 is 0 Å². The van der Waals surface area contributed by atoms with E-state index in [1.165, 1.54) is 13.3 Å². The molecule has 2 aromatic rings. The van der Waals surface area contributed by atoms with Crippen molar-refractivity contribution in [2.75, 3.05) is 14.2 Å². The second-order valence-electron chi connectivity index (χ2n) is 3.37. The molecule has 0 bridgehead atoms. The van der Waals surface area contributed by atoms with Gasteiger partial charge in [-0.25, -0.2) is 0 Å². The zero-order valence-electron chi connectivity index (χ0n) is 9.56. The molecule has 5 nitrogen and oxygen atoms in total. The van der Waals surface area contributed by atoms with Crippen LogP contribution in [0.15, 0.2) is 30.5 Å². The molecular weight excluding hydrogens is 220 g/mol. The number of carbonyl (C=O) groups excluding carboxylic acids is 1. The van der Waals surface area contributed by atoms with E-state index in [1.807, 2.05) is 0 Å². The van der Waals surface area contributed by atoms with E-state index in [0.29, 0.717) is 22.8 Å². The van der Waals surface area contributed by atoms with Crippen molar-refractivity contribution in [2.24, 2.45) is 0 Å². The number of aromatic amines is 1. The van der Waals surface area contributed by atoms with Gasteiger partial charge in [-0.05, 0) is 24.3 Å². The van der Waals surface area contributed by atoms with E-state index in [4.69, 9.17) is 9.47 Å².